The molecule has 14 heavy (non-hydrogen) atoms. The number of hydrogen-bond donors (Lipinski definition) is 2. The van der Waals surface area contributed by atoms with Crippen LogP contribution in [0.15, 0.2) is 12.1 Å². The second kappa shape index (κ2) is 2.94. The highest BCUT2D eigenvalue weighted by molar-refractivity contribution is 5.94. The number of fused-ring (bicyclic) bond motifs is 1. The molecule has 0 saturated carbocycles. The number of hydrogen-bond acceptors (Lipinski definition) is 2. The lowest BCUT2D eigenvalue weighted by Gasteiger charge is -2.06. The summed E-state index contributed by atoms with van der Waals surface area (Å²) in [7, 11) is 1.65. The maximum atomic E-state index is 5.84. The Morgan fingerprint density at radius 2 is 2.00 bits per heavy atom. The van der Waals surface area contributed by atoms with Gasteiger partial charge in [0.25, 0.3) is 0 Å². The fraction of sp³-hybridized carbons (Fsp3) is 0.273. The average molecular weight is 190 g/mol. The van der Waals surface area contributed by atoms with E-state index in [0.29, 0.717) is 5.69 Å². The van der Waals surface area contributed by atoms with Gasteiger partial charge in [0, 0.05) is 16.6 Å². The SMILES string of the molecule is COc1c(N)ccc2[nH]c(C)c(C)c12. The second-order valence-corrected chi connectivity index (χ2v) is 3.49. The molecular weight excluding hydrogens is 176 g/mol. The number of H-pyrrole nitrogens is 1. The Bertz CT molecular complexity index is 485. The second-order valence-electron chi connectivity index (χ2n) is 3.49. The lowest BCUT2D eigenvalue weighted by molar-refractivity contribution is 0.422. The molecule has 2 rings (SSSR count). The van der Waals surface area contributed by atoms with Crippen LogP contribution < -0.4 is 10.5 Å². The molecule has 0 saturated heterocycles. The molecule has 1 aromatic carbocycles. The number of nitrogens with one attached hydrogen (secondary N) is 1. The number of nitrogens with two attached hydrogens (primary N) is 1. The first-order valence-corrected chi connectivity index (χ1v) is 4.56. The van der Waals surface area contributed by atoms with E-state index >= 15 is 0 Å². The number of anilines is 1. The quantitative estimate of drug-likeness (QED) is 0.678. The summed E-state index contributed by atoms with van der Waals surface area (Å²) >= 11 is 0. The fourth-order valence-electron chi connectivity index (χ4n) is 1.78. The fourth-order valence-corrected chi connectivity index (χ4v) is 1.78. The molecule has 0 aliphatic carbocycles. The van der Waals surface area contributed by atoms with Crippen molar-refractivity contribution in [3.8, 4) is 5.75 Å². The molecule has 1 heterocycles. The van der Waals surface area contributed by atoms with Crippen molar-refractivity contribution in [2.75, 3.05) is 12.8 Å². The number of aromatic amines is 1. The van der Waals surface area contributed by atoms with Gasteiger partial charge < -0.3 is 15.5 Å². The first kappa shape index (κ1) is 8.94. The van der Waals surface area contributed by atoms with Gasteiger partial charge in [-0.15, -0.1) is 0 Å². The minimum Gasteiger partial charge on any atom is -0.494 e. The van der Waals surface area contributed by atoms with Gasteiger partial charge in [0.1, 0.15) is 0 Å². The van der Waals surface area contributed by atoms with Crippen molar-refractivity contribution in [3.05, 3.63) is 23.4 Å². The average Bonchev–Trinajstić information content (AvgIpc) is 2.45. The summed E-state index contributed by atoms with van der Waals surface area (Å²) in [5, 5.41) is 1.09. The molecule has 0 bridgehead atoms. The zero-order valence-corrected chi connectivity index (χ0v) is 8.64. The molecule has 3 N–H and O–H groups in total. The van der Waals surface area contributed by atoms with Crippen LogP contribution in [0.5, 0.6) is 5.75 Å². The van der Waals surface area contributed by atoms with E-state index in [9.17, 15) is 0 Å². The van der Waals surface area contributed by atoms with Gasteiger partial charge in [-0.3, -0.25) is 0 Å². The van der Waals surface area contributed by atoms with E-state index in [1.807, 2.05) is 19.1 Å². The number of nitrogen functional groups attached to an aromatic ring is 1. The third-order valence-corrected chi connectivity index (χ3v) is 2.65. The van der Waals surface area contributed by atoms with Crippen LogP contribution in [0.2, 0.25) is 0 Å². The molecule has 0 unspecified atom stereocenters. The highest BCUT2D eigenvalue weighted by Gasteiger charge is 2.11. The number of rotatable bonds is 1. The third-order valence-electron chi connectivity index (χ3n) is 2.65. The Kier molecular flexibility index (Phi) is 1.88. The van der Waals surface area contributed by atoms with E-state index in [1.54, 1.807) is 7.11 Å². The van der Waals surface area contributed by atoms with E-state index < -0.39 is 0 Å². The number of benzene rings is 1. The minimum absolute atomic E-state index is 0.683. The zero-order chi connectivity index (χ0) is 10.3. The monoisotopic (exact) mass is 190 g/mol. The highest BCUT2D eigenvalue weighted by Crippen LogP contribution is 2.34. The maximum Gasteiger partial charge on any atom is 0.151 e. The van der Waals surface area contributed by atoms with Gasteiger partial charge in [-0.1, -0.05) is 0 Å². The summed E-state index contributed by atoms with van der Waals surface area (Å²) in [4.78, 5) is 3.29. The van der Waals surface area contributed by atoms with Gasteiger partial charge in [0.2, 0.25) is 0 Å². The molecule has 0 amide bonds. The van der Waals surface area contributed by atoms with Gasteiger partial charge >= 0.3 is 0 Å². The summed E-state index contributed by atoms with van der Waals surface area (Å²) in [6, 6.07) is 3.84. The number of methoxy groups -OCH3 is 1. The smallest absolute Gasteiger partial charge is 0.151 e. The predicted molar refractivity (Wildman–Crippen MR) is 58.7 cm³/mol. The van der Waals surface area contributed by atoms with E-state index in [4.69, 9.17) is 10.5 Å². The van der Waals surface area contributed by atoms with Crippen molar-refractivity contribution >= 4 is 16.6 Å². The van der Waals surface area contributed by atoms with Crippen LogP contribution in [-0.2, 0) is 0 Å². The van der Waals surface area contributed by atoms with E-state index in [1.165, 1.54) is 5.56 Å². The van der Waals surface area contributed by atoms with Gasteiger partial charge in [-0.2, -0.15) is 0 Å². The summed E-state index contributed by atoms with van der Waals surface area (Å²) < 4.78 is 5.31. The van der Waals surface area contributed by atoms with Crippen LogP contribution in [0.1, 0.15) is 11.3 Å². The Balaban J connectivity index is 2.91. The first-order chi connectivity index (χ1) is 6.65. The van der Waals surface area contributed by atoms with Gasteiger partial charge in [0.05, 0.1) is 12.8 Å². The summed E-state index contributed by atoms with van der Waals surface area (Å²) in [5.74, 6) is 0.768. The summed E-state index contributed by atoms with van der Waals surface area (Å²) in [6.45, 7) is 4.11. The van der Waals surface area contributed by atoms with Crippen LogP contribution in [0.4, 0.5) is 5.69 Å². The Morgan fingerprint density at radius 1 is 1.29 bits per heavy atom. The molecule has 0 aliphatic heterocycles. The molecule has 3 nitrogen and oxygen atoms in total. The van der Waals surface area contributed by atoms with Crippen molar-refractivity contribution in [3.63, 3.8) is 0 Å². The van der Waals surface area contributed by atoms with Crippen LogP contribution in [-0.4, -0.2) is 12.1 Å². The molecule has 74 valence electrons. The number of ether oxygens (including phenoxy) is 1. The van der Waals surface area contributed by atoms with Crippen molar-refractivity contribution in [2.45, 2.75) is 13.8 Å². The van der Waals surface area contributed by atoms with Crippen LogP contribution >= 0.6 is 0 Å². The Labute approximate surface area is 82.9 Å². The standard InChI is InChI=1S/C11H14N2O/c1-6-7(2)13-9-5-4-8(12)11(14-3)10(6)9/h4-5,13H,12H2,1-3H3. The molecule has 3 heteroatoms. The molecule has 0 spiro atoms. The summed E-state index contributed by atoms with van der Waals surface area (Å²) in [5.41, 5.74) is 9.95. The third kappa shape index (κ3) is 1.05. The van der Waals surface area contributed by atoms with E-state index in [2.05, 4.69) is 11.9 Å². The van der Waals surface area contributed by atoms with Crippen molar-refractivity contribution in [1.82, 2.24) is 4.98 Å². The molecular formula is C11H14N2O. The maximum absolute atomic E-state index is 5.84. The number of aryl methyl sites for hydroxylation is 2. The number of aromatic nitrogens is 1. The Hall–Kier alpha value is -1.64. The molecule has 1 aromatic heterocycles. The topological polar surface area (TPSA) is 51.0 Å². The van der Waals surface area contributed by atoms with Crippen molar-refractivity contribution in [2.24, 2.45) is 0 Å². The van der Waals surface area contributed by atoms with E-state index in [0.717, 1.165) is 22.3 Å². The lowest BCUT2D eigenvalue weighted by Crippen LogP contribution is -1.92. The molecule has 0 radical (unpaired) electrons. The van der Waals surface area contributed by atoms with Crippen molar-refractivity contribution < 1.29 is 4.74 Å². The van der Waals surface area contributed by atoms with Gasteiger partial charge in [-0.05, 0) is 31.5 Å². The van der Waals surface area contributed by atoms with E-state index in [-0.39, 0.29) is 0 Å². The molecule has 0 fully saturated rings. The van der Waals surface area contributed by atoms with Crippen LogP contribution in [0.25, 0.3) is 10.9 Å². The molecule has 0 atom stereocenters. The normalized spacial score (nSPS) is 10.8. The molecule has 2 aromatic rings. The lowest BCUT2D eigenvalue weighted by atomic mass is 10.1. The predicted octanol–water partition coefficient (Wildman–Crippen LogP) is 2.38. The summed E-state index contributed by atoms with van der Waals surface area (Å²) in [6.07, 6.45) is 0. The first-order valence-electron chi connectivity index (χ1n) is 4.56. The minimum atomic E-state index is 0.683. The zero-order valence-electron chi connectivity index (χ0n) is 8.64. The largest absolute Gasteiger partial charge is 0.494 e. The van der Waals surface area contributed by atoms with Crippen LogP contribution in [0.3, 0.4) is 0 Å². The Morgan fingerprint density at radius 3 is 2.64 bits per heavy atom. The van der Waals surface area contributed by atoms with Gasteiger partial charge in [0.15, 0.2) is 5.75 Å². The van der Waals surface area contributed by atoms with Crippen LogP contribution in [0, 0.1) is 13.8 Å². The van der Waals surface area contributed by atoms with Gasteiger partial charge in [-0.25, -0.2) is 0 Å². The van der Waals surface area contributed by atoms with Crippen molar-refractivity contribution in [1.29, 1.82) is 0 Å². The molecule has 0 aliphatic rings. The highest BCUT2D eigenvalue weighted by atomic mass is 16.5.